The average molecular weight is 299 g/mol. The number of aliphatic carboxylic acids is 1. The Kier molecular flexibility index (Phi) is 5.55. The zero-order valence-corrected chi connectivity index (χ0v) is 12.8. The third-order valence-electron chi connectivity index (χ3n) is 4.48. The Morgan fingerprint density at radius 1 is 0.905 bits per heavy atom. The molecule has 0 saturated carbocycles. The van der Waals surface area contributed by atoms with Gasteiger partial charge in [-0.2, -0.15) is 0 Å². The second-order valence-corrected chi connectivity index (χ2v) is 5.70. The summed E-state index contributed by atoms with van der Waals surface area (Å²) in [7, 11) is 0. The molecule has 2 atom stereocenters. The van der Waals surface area contributed by atoms with E-state index in [0.29, 0.717) is 39.4 Å². The minimum atomic E-state index is -0.791. The van der Waals surface area contributed by atoms with Crippen molar-refractivity contribution in [3.8, 4) is 0 Å². The first-order chi connectivity index (χ1) is 10.0. The highest BCUT2D eigenvalue weighted by atomic mass is 16.5. The number of carboxylic acid groups (broad SMARTS) is 1. The lowest BCUT2D eigenvalue weighted by Crippen LogP contribution is -2.57. The number of morpholine rings is 1. The molecule has 0 spiro atoms. The molecule has 1 amide bonds. The molecule has 0 aromatic carbocycles. The molecule has 0 aromatic heterocycles. The summed E-state index contributed by atoms with van der Waals surface area (Å²) < 4.78 is 5.27. The van der Waals surface area contributed by atoms with Gasteiger partial charge in [-0.15, -0.1) is 0 Å². The molecular weight excluding hydrogens is 274 g/mol. The largest absolute Gasteiger partial charge is 0.480 e. The van der Waals surface area contributed by atoms with Crippen molar-refractivity contribution in [1.82, 2.24) is 14.7 Å². The van der Waals surface area contributed by atoms with Gasteiger partial charge in [-0.25, -0.2) is 0 Å². The first kappa shape index (κ1) is 16.2. The lowest BCUT2D eigenvalue weighted by molar-refractivity contribution is -0.145. The van der Waals surface area contributed by atoms with Crippen molar-refractivity contribution in [2.45, 2.75) is 25.9 Å². The summed E-state index contributed by atoms with van der Waals surface area (Å²) in [5, 5.41) is 9.04. The van der Waals surface area contributed by atoms with E-state index in [9.17, 15) is 9.59 Å². The molecule has 0 aromatic rings. The van der Waals surface area contributed by atoms with Crippen LogP contribution in [0.5, 0.6) is 0 Å². The molecule has 0 radical (unpaired) electrons. The molecule has 1 N–H and O–H groups in total. The van der Waals surface area contributed by atoms with Crippen molar-refractivity contribution in [3.63, 3.8) is 0 Å². The number of carboxylic acids is 1. The van der Waals surface area contributed by atoms with Crippen molar-refractivity contribution < 1.29 is 19.4 Å². The van der Waals surface area contributed by atoms with Crippen LogP contribution in [0.3, 0.4) is 0 Å². The Morgan fingerprint density at radius 2 is 1.38 bits per heavy atom. The van der Waals surface area contributed by atoms with Gasteiger partial charge in [0.1, 0.15) is 6.04 Å². The standard InChI is InChI=1S/C14H25N3O4/c1-11(13(18)17-7-9-21-10-8-17)15-3-5-16(6-4-15)12(2)14(19)20/h11-12H,3-10H2,1-2H3,(H,19,20)/t11-,12+/m1/s1. The van der Waals surface area contributed by atoms with Crippen LogP contribution in [0.25, 0.3) is 0 Å². The number of amides is 1. The maximum absolute atomic E-state index is 12.4. The van der Waals surface area contributed by atoms with E-state index in [4.69, 9.17) is 9.84 Å². The summed E-state index contributed by atoms with van der Waals surface area (Å²) >= 11 is 0. The van der Waals surface area contributed by atoms with Crippen molar-refractivity contribution in [3.05, 3.63) is 0 Å². The molecule has 0 aliphatic carbocycles. The molecular formula is C14H25N3O4. The number of nitrogens with zero attached hydrogens (tertiary/aromatic N) is 3. The third kappa shape index (κ3) is 3.93. The maximum Gasteiger partial charge on any atom is 0.320 e. The molecule has 120 valence electrons. The minimum absolute atomic E-state index is 0.148. The highest BCUT2D eigenvalue weighted by Gasteiger charge is 2.31. The number of carbonyl (C=O) groups excluding carboxylic acids is 1. The molecule has 2 aliphatic heterocycles. The van der Waals surface area contributed by atoms with Gasteiger partial charge in [0, 0.05) is 39.3 Å². The zero-order valence-electron chi connectivity index (χ0n) is 12.8. The molecule has 2 rings (SSSR count). The molecule has 21 heavy (non-hydrogen) atoms. The van der Waals surface area contributed by atoms with E-state index in [1.165, 1.54) is 0 Å². The van der Waals surface area contributed by atoms with E-state index < -0.39 is 12.0 Å². The topological polar surface area (TPSA) is 73.3 Å². The highest BCUT2D eigenvalue weighted by Crippen LogP contribution is 2.12. The van der Waals surface area contributed by atoms with Gasteiger partial charge in [-0.3, -0.25) is 19.4 Å². The van der Waals surface area contributed by atoms with Gasteiger partial charge in [-0.1, -0.05) is 0 Å². The predicted molar refractivity (Wildman–Crippen MR) is 77.1 cm³/mol. The highest BCUT2D eigenvalue weighted by molar-refractivity contribution is 5.81. The molecule has 2 heterocycles. The monoisotopic (exact) mass is 299 g/mol. The van der Waals surface area contributed by atoms with Gasteiger partial charge >= 0.3 is 5.97 Å². The van der Waals surface area contributed by atoms with Crippen molar-refractivity contribution in [2.24, 2.45) is 0 Å². The predicted octanol–water partition coefficient (Wildman–Crippen LogP) is -0.676. The lowest BCUT2D eigenvalue weighted by Gasteiger charge is -2.40. The van der Waals surface area contributed by atoms with Gasteiger partial charge in [-0.05, 0) is 13.8 Å². The Balaban J connectivity index is 1.83. The maximum atomic E-state index is 12.4. The Bertz CT molecular complexity index is 376. The van der Waals surface area contributed by atoms with Gasteiger partial charge in [0.15, 0.2) is 0 Å². The number of hydrogen-bond acceptors (Lipinski definition) is 5. The molecule has 2 fully saturated rings. The van der Waals surface area contributed by atoms with Crippen molar-refractivity contribution in [2.75, 3.05) is 52.5 Å². The van der Waals surface area contributed by atoms with Crippen LogP contribution in [-0.4, -0.2) is 96.2 Å². The third-order valence-corrected chi connectivity index (χ3v) is 4.48. The van der Waals surface area contributed by atoms with Crippen LogP contribution in [0.4, 0.5) is 0 Å². The van der Waals surface area contributed by atoms with E-state index in [0.717, 1.165) is 13.1 Å². The summed E-state index contributed by atoms with van der Waals surface area (Å²) in [5.74, 6) is -0.640. The Hall–Kier alpha value is -1.18. The van der Waals surface area contributed by atoms with Crippen LogP contribution < -0.4 is 0 Å². The van der Waals surface area contributed by atoms with Crippen molar-refractivity contribution in [1.29, 1.82) is 0 Å². The summed E-state index contributed by atoms with van der Waals surface area (Å²) in [6.45, 7) is 9.05. The molecule has 2 saturated heterocycles. The number of rotatable bonds is 4. The van der Waals surface area contributed by atoms with E-state index >= 15 is 0 Å². The van der Waals surface area contributed by atoms with Crippen LogP contribution in [0.15, 0.2) is 0 Å². The van der Waals surface area contributed by atoms with E-state index in [2.05, 4.69) is 4.90 Å². The van der Waals surface area contributed by atoms with Gasteiger partial charge in [0.2, 0.25) is 5.91 Å². The summed E-state index contributed by atoms with van der Waals surface area (Å²) in [6, 6.07) is -0.609. The van der Waals surface area contributed by atoms with Gasteiger partial charge in [0.25, 0.3) is 0 Å². The Morgan fingerprint density at radius 3 is 1.86 bits per heavy atom. The summed E-state index contributed by atoms with van der Waals surface area (Å²) in [5.41, 5.74) is 0. The van der Waals surface area contributed by atoms with Crippen molar-refractivity contribution >= 4 is 11.9 Å². The number of ether oxygens (including phenoxy) is 1. The average Bonchev–Trinajstić information content (AvgIpc) is 2.53. The van der Waals surface area contributed by atoms with Crippen LogP contribution >= 0.6 is 0 Å². The fraction of sp³-hybridized carbons (Fsp3) is 0.857. The summed E-state index contributed by atoms with van der Waals surface area (Å²) in [6.07, 6.45) is 0. The second kappa shape index (κ2) is 7.20. The van der Waals surface area contributed by atoms with Crippen LogP contribution in [-0.2, 0) is 14.3 Å². The fourth-order valence-electron chi connectivity index (χ4n) is 2.87. The molecule has 2 aliphatic rings. The first-order valence-corrected chi connectivity index (χ1v) is 7.58. The fourth-order valence-corrected chi connectivity index (χ4v) is 2.87. The quantitative estimate of drug-likeness (QED) is 0.742. The molecule has 0 bridgehead atoms. The molecule has 7 heteroatoms. The van der Waals surface area contributed by atoms with Crippen LogP contribution in [0.2, 0.25) is 0 Å². The van der Waals surface area contributed by atoms with E-state index in [1.54, 1.807) is 6.92 Å². The van der Waals surface area contributed by atoms with Gasteiger partial charge in [0.05, 0.1) is 19.3 Å². The molecule has 7 nitrogen and oxygen atoms in total. The van der Waals surface area contributed by atoms with Crippen LogP contribution in [0, 0.1) is 0 Å². The smallest absolute Gasteiger partial charge is 0.320 e. The lowest BCUT2D eigenvalue weighted by atomic mass is 10.1. The normalized spacial score (nSPS) is 24.6. The van der Waals surface area contributed by atoms with Crippen LogP contribution in [0.1, 0.15) is 13.8 Å². The van der Waals surface area contributed by atoms with Gasteiger partial charge < -0.3 is 14.7 Å². The Labute approximate surface area is 125 Å². The number of piperazine rings is 1. The minimum Gasteiger partial charge on any atom is -0.480 e. The zero-order chi connectivity index (χ0) is 15.4. The number of carbonyl (C=O) groups is 2. The molecule has 0 unspecified atom stereocenters. The number of hydrogen-bond donors (Lipinski definition) is 1. The van der Waals surface area contributed by atoms with E-state index in [-0.39, 0.29) is 11.9 Å². The SMILES string of the molecule is C[C@H](C(=O)N1CCOCC1)N1CCN([C@@H](C)C(=O)O)CC1. The second-order valence-electron chi connectivity index (χ2n) is 5.70. The van der Waals surface area contributed by atoms with E-state index in [1.807, 2.05) is 16.7 Å². The summed E-state index contributed by atoms with van der Waals surface area (Å²) in [4.78, 5) is 29.4. The first-order valence-electron chi connectivity index (χ1n) is 7.58.